The molecule has 1 saturated heterocycles. The van der Waals surface area contributed by atoms with Crippen LogP contribution >= 0.6 is 0 Å². The molecule has 120 valence electrons. The van der Waals surface area contributed by atoms with Crippen molar-refractivity contribution in [3.63, 3.8) is 0 Å². The van der Waals surface area contributed by atoms with E-state index >= 15 is 0 Å². The van der Waals surface area contributed by atoms with Crippen molar-refractivity contribution in [2.45, 2.75) is 13.0 Å². The number of rotatable bonds is 4. The molecule has 0 radical (unpaired) electrons. The summed E-state index contributed by atoms with van der Waals surface area (Å²) in [7, 11) is 0. The molecule has 23 heavy (non-hydrogen) atoms. The minimum atomic E-state index is -0.100. The van der Waals surface area contributed by atoms with Gasteiger partial charge in [0, 0.05) is 43.1 Å². The molecule has 0 spiro atoms. The fraction of sp³-hybridized carbons (Fsp3) is 0.316. The van der Waals surface area contributed by atoms with Gasteiger partial charge in [-0.25, -0.2) is 0 Å². The molecule has 2 aromatic rings. The fourth-order valence-electron chi connectivity index (χ4n) is 3.06. The van der Waals surface area contributed by atoms with Crippen LogP contribution in [-0.4, -0.2) is 42.9 Å². The fourth-order valence-corrected chi connectivity index (χ4v) is 3.06. The third kappa shape index (κ3) is 3.54. The molecule has 4 heteroatoms. The molecule has 1 aliphatic rings. The third-order valence-electron chi connectivity index (χ3n) is 4.56. The number of nitrogen functional groups attached to an aromatic ring is 1. The number of nitrogens with zero attached hydrogens (tertiary/aromatic N) is 2. The van der Waals surface area contributed by atoms with Crippen LogP contribution in [0.25, 0.3) is 0 Å². The Bertz CT molecular complexity index is 646. The molecule has 2 aromatic carbocycles. The second-order valence-corrected chi connectivity index (χ2v) is 6.02. The van der Waals surface area contributed by atoms with Crippen molar-refractivity contribution in [2.24, 2.45) is 0 Å². The highest BCUT2D eigenvalue weighted by atomic mass is 16.1. The Labute approximate surface area is 137 Å². The molecule has 0 bridgehead atoms. The van der Waals surface area contributed by atoms with Gasteiger partial charge in [-0.05, 0) is 43.3 Å². The Balaban J connectivity index is 1.60. The SMILES string of the molecule is CC(C(=O)c1ccc(N)cc1)N1CCN(c2ccccc2)CC1. The molecule has 0 aromatic heterocycles. The monoisotopic (exact) mass is 309 g/mol. The third-order valence-corrected chi connectivity index (χ3v) is 4.56. The number of para-hydroxylation sites is 1. The lowest BCUT2D eigenvalue weighted by molar-refractivity contribution is 0.0830. The van der Waals surface area contributed by atoms with E-state index in [1.807, 2.05) is 25.1 Å². The molecule has 2 N–H and O–H groups in total. The molecule has 0 saturated carbocycles. The summed E-state index contributed by atoms with van der Waals surface area (Å²) in [5.41, 5.74) is 8.36. The zero-order valence-electron chi connectivity index (χ0n) is 13.5. The van der Waals surface area contributed by atoms with Gasteiger partial charge in [0.2, 0.25) is 0 Å². The molecule has 1 atom stereocenters. The van der Waals surface area contributed by atoms with Crippen LogP contribution in [0, 0.1) is 0 Å². The van der Waals surface area contributed by atoms with Crippen molar-refractivity contribution in [1.29, 1.82) is 0 Å². The minimum absolute atomic E-state index is 0.100. The van der Waals surface area contributed by atoms with Gasteiger partial charge in [0.25, 0.3) is 0 Å². The molecule has 4 nitrogen and oxygen atoms in total. The van der Waals surface area contributed by atoms with Gasteiger partial charge in [0.1, 0.15) is 0 Å². The van der Waals surface area contributed by atoms with E-state index in [9.17, 15) is 4.79 Å². The molecule has 3 rings (SSSR count). The van der Waals surface area contributed by atoms with E-state index in [1.165, 1.54) is 5.69 Å². The molecular weight excluding hydrogens is 286 g/mol. The lowest BCUT2D eigenvalue weighted by Crippen LogP contribution is -2.51. The van der Waals surface area contributed by atoms with Crippen molar-refractivity contribution in [2.75, 3.05) is 36.8 Å². The number of piperazine rings is 1. The highest BCUT2D eigenvalue weighted by Crippen LogP contribution is 2.18. The highest BCUT2D eigenvalue weighted by Gasteiger charge is 2.26. The van der Waals surface area contributed by atoms with Gasteiger partial charge in [-0.2, -0.15) is 0 Å². The summed E-state index contributed by atoms with van der Waals surface area (Å²) in [6.45, 7) is 5.69. The Morgan fingerprint density at radius 1 is 0.957 bits per heavy atom. The maximum atomic E-state index is 12.6. The largest absolute Gasteiger partial charge is 0.399 e. The molecule has 1 unspecified atom stereocenters. The standard InChI is InChI=1S/C19H23N3O/c1-15(19(23)16-7-9-17(20)10-8-16)21-11-13-22(14-12-21)18-5-3-2-4-6-18/h2-10,15H,11-14,20H2,1H3. The number of carbonyl (C=O) groups excluding carboxylic acids is 1. The number of benzene rings is 2. The van der Waals surface area contributed by atoms with E-state index in [0.717, 1.165) is 31.7 Å². The van der Waals surface area contributed by atoms with E-state index in [1.54, 1.807) is 12.1 Å². The zero-order chi connectivity index (χ0) is 16.2. The number of nitrogens with two attached hydrogens (primary N) is 1. The van der Waals surface area contributed by atoms with Gasteiger partial charge >= 0.3 is 0 Å². The number of Topliss-reactive ketones (excluding diaryl/α,β-unsaturated/α-hetero) is 1. The predicted molar refractivity (Wildman–Crippen MR) is 94.9 cm³/mol. The maximum Gasteiger partial charge on any atom is 0.179 e. The Morgan fingerprint density at radius 3 is 2.17 bits per heavy atom. The van der Waals surface area contributed by atoms with E-state index in [-0.39, 0.29) is 11.8 Å². The van der Waals surface area contributed by atoms with Crippen molar-refractivity contribution in [3.05, 3.63) is 60.2 Å². The van der Waals surface area contributed by atoms with Crippen molar-refractivity contribution in [3.8, 4) is 0 Å². The summed E-state index contributed by atoms with van der Waals surface area (Å²) >= 11 is 0. The smallest absolute Gasteiger partial charge is 0.179 e. The predicted octanol–water partition coefficient (Wildman–Crippen LogP) is 2.66. The summed E-state index contributed by atoms with van der Waals surface area (Å²) in [5, 5.41) is 0. The van der Waals surface area contributed by atoms with Gasteiger partial charge in [0.15, 0.2) is 5.78 Å². The van der Waals surface area contributed by atoms with E-state index in [4.69, 9.17) is 5.73 Å². The topological polar surface area (TPSA) is 49.6 Å². The average Bonchev–Trinajstić information content (AvgIpc) is 2.62. The first-order chi connectivity index (χ1) is 11.1. The minimum Gasteiger partial charge on any atom is -0.399 e. The Hall–Kier alpha value is -2.33. The summed E-state index contributed by atoms with van der Waals surface area (Å²) in [6.07, 6.45) is 0. The second-order valence-electron chi connectivity index (χ2n) is 6.02. The average molecular weight is 309 g/mol. The molecular formula is C19H23N3O. The number of anilines is 2. The lowest BCUT2D eigenvalue weighted by atomic mass is 10.0. The summed E-state index contributed by atoms with van der Waals surface area (Å²) in [6, 6.07) is 17.5. The molecule has 0 aliphatic carbocycles. The van der Waals surface area contributed by atoms with E-state index in [2.05, 4.69) is 34.1 Å². The molecule has 1 fully saturated rings. The van der Waals surface area contributed by atoms with Crippen LogP contribution in [0.3, 0.4) is 0 Å². The van der Waals surface area contributed by atoms with Gasteiger partial charge in [-0.1, -0.05) is 18.2 Å². The van der Waals surface area contributed by atoms with Crippen LogP contribution < -0.4 is 10.6 Å². The van der Waals surface area contributed by atoms with E-state index in [0.29, 0.717) is 5.69 Å². The first kappa shape index (κ1) is 15.6. The summed E-state index contributed by atoms with van der Waals surface area (Å²) in [4.78, 5) is 17.2. The Kier molecular flexibility index (Phi) is 4.63. The molecule has 1 aliphatic heterocycles. The maximum absolute atomic E-state index is 12.6. The Morgan fingerprint density at radius 2 is 1.57 bits per heavy atom. The molecule has 1 heterocycles. The summed E-state index contributed by atoms with van der Waals surface area (Å²) in [5.74, 6) is 0.165. The van der Waals surface area contributed by atoms with Gasteiger partial charge in [-0.3, -0.25) is 9.69 Å². The van der Waals surface area contributed by atoms with Crippen molar-refractivity contribution < 1.29 is 4.79 Å². The normalized spacial score (nSPS) is 17.0. The van der Waals surface area contributed by atoms with Crippen molar-refractivity contribution >= 4 is 17.2 Å². The number of carbonyl (C=O) groups is 1. The van der Waals surface area contributed by atoms with Crippen molar-refractivity contribution in [1.82, 2.24) is 4.90 Å². The quantitative estimate of drug-likeness (QED) is 0.697. The van der Waals surface area contributed by atoms with Crippen LogP contribution in [0.1, 0.15) is 17.3 Å². The zero-order valence-corrected chi connectivity index (χ0v) is 13.5. The van der Waals surface area contributed by atoms with E-state index < -0.39 is 0 Å². The first-order valence-electron chi connectivity index (χ1n) is 8.09. The van der Waals surface area contributed by atoms with Crippen LogP contribution in [0.5, 0.6) is 0 Å². The number of hydrogen-bond donors (Lipinski definition) is 1. The van der Waals surface area contributed by atoms with Gasteiger partial charge in [-0.15, -0.1) is 0 Å². The second kappa shape index (κ2) is 6.84. The van der Waals surface area contributed by atoms with Crippen LogP contribution in [0.2, 0.25) is 0 Å². The first-order valence-corrected chi connectivity index (χ1v) is 8.09. The van der Waals surface area contributed by atoms with Gasteiger partial charge in [0.05, 0.1) is 6.04 Å². The van der Waals surface area contributed by atoms with Gasteiger partial charge < -0.3 is 10.6 Å². The highest BCUT2D eigenvalue weighted by molar-refractivity contribution is 6.00. The lowest BCUT2D eigenvalue weighted by Gasteiger charge is -2.38. The number of hydrogen-bond acceptors (Lipinski definition) is 4. The summed E-state index contributed by atoms with van der Waals surface area (Å²) < 4.78 is 0. The van der Waals surface area contributed by atoms with Crippen LogP contribution in [0.15, 0.2) is 54.6 Å². The molecule has 0 amide bonds. The van der Waals surface area contributed by atoms with Crippen LogP contribution in [-0.2, 0) is 0 Å². The number of ketones is 1. The van der Waals surface area contributed by atoms with Crippen LogP contribution in [0.4, 0.5) is 11.4 Å².